The average Bonchev–Trinajstić information content (AvgIpc) is 2.19. The van der Waals surface area contributed by atoms with Crippen LogP contribution < -0.4 is 10.6 Å². The highest BCUT2D eigenvalue weighted by Gasteiger charge is 2.11. The fraction of sp³-hybridized carbons (Fsp3) is 0.583. The van der Waals surface area contributed by atoms with E-state index in [4.69, 9.17) is 5.73 Å². The van der Waals surface area contributed by atoms with Crippen molar-refractivity contribution in [3.63, 3.8) is 0 Å². The number of pyridine rings is 1. The van der Waals surface area contributed by atoms with Gasteiger partial charge in [0.1, 0.15) is 0 Å². The van der Waals surface area contributed by atoms with Crippen molar-refractivity contribution in [2.45, 2.75) is 32.1 Å². The first-order chi connectivity index (χ1) is 7.38. The summed E-state index contributed by atoms with van der Waals surface area (Å²) in [6.07, 6.45) is 8.40. The highest BCUT2D eigenvalue weighted by molar-refractivity contribution is 5.62. The van der Waals surface area contributed by atoms with Crippen LogP contribution in [-0.4, -0.2) is 18.1 Å². The number of aromatic nitrogens is 1. The summed E-state index contributed by atoms with van der Waals surface area (Å²) in [4.78, 5) is 6.70. The Kier molecular flexibility index (Phi) is 3.43. The fourth-order valence-electron chi connectivity index (χ4n) is 2.13. The van der Waals surface area contributed by atoms with Gasteiger partial charge in [0.15, 0.2) is 5.82 Å². The van der Waals surface area contributed by atoms with Crippen LogP contribution in [0.2, 0.25) is 0 Å². The van der Waals surface area contributed by atoms with E-state index in [1.165, 1.54) is 32.1 Å². The van der Waals surface area contributed by atoms with Crippen molar-refractivity contribution in [2.75, 3.05) is 23.7 Å². The van der Waals surface area contributed by atoms with Crippen molar-refractivity contribution in [1.82, 2.24) is 4.98 Å². The molecule has 1 aliphatic rings. The Labute approximate surface area is 91.3 Å². The number of rotatable bonds is 1. The summed E-state index contributed by atoms with van der Waals surface area (Å²) < 4.78 is 0. The van der Waals surface area contributed by atoms with Crippen LogP contribution in [0.3, 0.4) is 0 Å². The molecule has 0 atom stereocenters. The van der Waals surface area contributed by atoms with E-state index in [1.807, 2.05) is 18.3 Å². The molecule has 0 bridgehead atoms. The molecule has 15 heavy (non-hydrogen) atoms. The number of nitrogens with zero attached hydrogens (tertiary/aromatic N) is 2. The Balaban J connectivity index is 2.10. The van der Waals surface area contributed by atoms with Crippen LogP contribution in [0.25, 0.3) is 0 Å². The largest absolute Gasteiger partial charge is 0.396 e. The van der Waals surface area contributed by atoms with Gasteiger partial charge >= 0.3 is 0 Å². The molecule has 3 nitrogen and oxygen atoms in total. The molecule has 1 fully saturated rings. The molecule has 2 N–H and O–H groups in total. The lowest BCUT2D eigenvalue weighted by atomic mass is 10.1. The monoisotopic (exact) mass is 205 g/mol. The number of hydrogen-bond acceptors (Lipinski definition) is 3. The molecule has 0 amide bonds. The fourth-order valence-corrected chi connectivity index (χ4v) is 2.13. The maximum Gasteiger partial charge on any atom is 0.151 e. The molecular formula is C12H19N3. The second-order valence-corrected chi connectivity index (χ2v) is 4.17. The van der Waals surface area contributed by atoms with Crippen LogP contribution in [0.4, 0.5) is 11.5 Å². The van der Waals surface area contributed by atoms with E-state index < -0.39 is 0 Å². The molecule has 0 saturated carbocycles. The standard InChI is InChI=1S/C12H19N3/c13-11-7-6-8-14-12(11)15-9-4-2-1-3-5-10-15/h6-8H,1-5,9-10,13H2. The van der Waals surface area contributed by atoms with Crippen molar-refractivity contribution in [1.29, 1.82) is 0 Å². The smallest absolute Gasteiger partial charge is 0.151 e. The van der Waals surface area contributed by atoms with Crippen LogP contribution in [0.15, 0.2) is 18.3 Å². The summed E-state index contributed by atoms with van der Waals surface area (Å²) in [6.45, 7) is 2.20. The van der Waals surface area contributed by atoms with Gasteiger partial charge in [0.25, 0.3) is 0 Å². The molecule has 1 aliphatic heterocycles. The molecule has 0 aliphatic carbocycles. The van der Waals surface area contributed by atoms with Crippen LogP contribution in [-0.2, 0) is 0 Å². The topological polar surface area (TPSA) is 42.1 Å². The molecule has 2 rings (SSSR count). The first-order valence-corrected chi connectivity index (χ1v) is 5.83. The third-order valence-corrected chi connectivity index (χ3v) is 2.97. The Morgan fingerprint density at radius 1 is 1.07 bits per heavy atom. The summed E-state index contributed by atoms with van der Waals surface area (Å²) in [6, 6.07) is 3.82. The zero-order valence-corrected chi connectivity index (χ0v) is 9.15. The van der Waals surface area contributed by atoms with Gasteiger partial charge in [-0.05, 0) is 25.0 Å². The van der Waals surface area contributed by atoms with Crippen molar-refractivity contribution in [2.24, 2.45) is 0 Å². The Bertz CT molecular complexity index is 303. The van der Waals surface area contributed by atoms with Crippen molar-refractivity contribution in [3.05, 3.63) is 18.3 Å². The minimum absolute atomic E-state index is 0.804. The Hall–Kier alpha value is -1.25. The summed E-state index contributed by atoms with van der Waals surface area (Å²) in [7, 11) is 0. The molecule has 1 saturated heterocycles. The lowest BCUT2D eigenvalue weighted by molar-refractivity contribution is 0.554. The van der Waals surface area contributed by atoms with E-state index >= 15 is 0 Å². The first kappa shape index (κ1) is 10.3. The Morgan fingerprint density at radius 2 is 1.73 bits per heavy atom. The van der Waals surface area contributed by atoms with Crippen LogP contribution in [0.1, 0.15) is 32.1 Å². The lowest BCUT2D eigenvalue weighted by Crippen LogP contribution is -2.28. The van der Waals surface area contributed by atoms with E-state index in [9.17, 15) is 0 Å². The van der Waals surface area contributed by atoms with Crippen molar-refractivity contribution >= 4 is 11.5 Å². The number of hydrogen-bond donors (Lipinski definition) is 1. The zero-order chi connectivity index (χ0) is 10.5. The molecule has 1 aromatic rings. The predicted molar refractivity (Wildman–Crippen MR) is 63.9 cm³/mol. The van der Waals surface area contributed by atoms with Gasteiger partial charge in [-0.15, -0.1) is 0 Å². The first-order valence-electron chi connectivity index (χ1n) is 5.83. The van der Waals surface area contributed by atoms with Gasteiger partial charge in [-0.1, -0.05) is 19.3 Å². The number of anilines is 2. The normalized spacial score (nSPS) is 18.3. The molecule has 0 spiro atoms. The highest BCUT2D eigenvalue weighted by Crippen LogP contribution is 2.22. The van der Waals surface area contributed by atoms with Gasteiger partial charge < -0.3 is 10.6 Å². The molecular weight excluding hydrogens is 186 g/mol. The molecule has 0 unspecified atom stereocenters. The Morgan fingerprint density at radius 3 is 2.40 bits per heavy atom. The van der Waals surface area contributed by atoms with Crippen LogP contribution in [0.5, 0.6) is 0 Å². The maximum atomic E-state index is 5.94. The SMILES string of the molecule is Nc1cccnc1N1CCCCCCC1. The van der Waals surface area contributed by atoms with Gasteiger partial charge in [0.05, 0.1) is 5.69 Å². The van der Waals surface area contributed by atoms with E-state index in [0.29, 0.717) is 0 Å². The maximum absolute atomic E-state index is 5.94. The van der Waals surface area contributed by atoms with E-state index in [0.717, 1.165) is 24.6 Å². The van der Waals surface area contributed by atoms with E-state index in [1.54, 1.807) is 0 Å². The van der Waals surface area contributed by atoms with Gasteiger partial charge in [0.2, 0.25) is 0 Å². The zero-order valence-electron chi connectivity index (χ0n) is 9.15. The summed E-state index contributed by atoms with van der Waals surface area (Å²) in [5, 5.41) is 0. The minimum Gasteiger partial charge on any atom is -0.396 e. The van der Waals surface area contributed by atoms with E-state index in [2.05, 4.69) is 9.88 Å². The predicted octanol–water partition coefficient (Wildman–Crippen LogP) is 2.43. The number of nitrogens with two attached hydrogens (primary N) is 1. The van der Waals surface area contributed by atoms with Gasteiger partial charge in [-0.25, -0.2) is 4.98 Å². The van der Waals surface area contributed by atoms with Crippen LogP contribution >= 0.6 is 0 Å². The van der Waals surface area contributed by atoms with Gasteiger partial charge in [-0.3, -0.25) is 0 Å². The van der Waals surface area contributed by atoms with Crippen molar-refractivity contribution in [3.8, 4) is 0 Å². The average molecular weight is 205 g/mol. The molecule has 3 heteroatoms. The third kappa shape index (κ3) is 2.61. The second-order valence-electron chi connectivity index (χ2n) is 4.17. The minimum atomic E-state index is 0.804. The van der Waals surface area contributed by atoms with Gasteiger partial charge in [-0.2, -0.15) is 0 Å². The van der Waals surface area contributed by atoms with E-state index in [-0.39, 0.29) is 0 Å². The molecule has 1 aromatic heterocycles. The molecule has 0 aromatic carbocycles. The molecule has 82 valence electrons. The summed E-state index contributed by atoms with van der Waals surface area (Å²) in [5.74, 6) is 0.972. The second kappa shape index (κ2) is 5.01. The lowest BCUT2D eigenvalue weighted by Gasteiger charge is -2.26. The van der Waals surface area contributed by atoms with Gasteiger partial charge in [0, 0.05) is 19.3 Å². The summed E-state index contributed by atoms with van der Waals surface area (Å²) in [5.41, 5.74) is 6.74. The highest BCUT2D eigenvalue weighted by atomic mass is 15.2. The quantitative estimate of drug-likeness (QED) is 0.765. The third-order valence-electron chi connectivity index (χ3n) is 2.97. The molecule has 0 radical (unpaired) electrons. The summed E-state index contributed by atoms with van der Waals surface area (Å²) >= 11 is 0. The van der Waals surface area contributed by atoms with Crippen molar-refractivity contribution < 1.29 is 0 Å². The molecule has 2 heterocycles. The van der Waals surface area contributed by atoms with Crippen LogP contribution in [0, 0.1) is 0 Å². The number of nitrogen functional groups attached to an aromatic ring is 1.